The van der Waals surface area contributed by atoms with Crippen molar-refractivity contribution < 1.29 is 5.11 Å². The summed E-state index contributed by atoms with van der Waals surface area (Å²) < 4.78 is 1.98. The van der Waals surface area contributed by atoms with Gasteiger partial charge in [0.1, 0.15) is 5.69 Å². The molecule has 2 bridgehead atoms. The minimum absolute atomic E-state index is 0.0188. The predicted molar refractivity (Wildman–Crippen MR) is 122 cm³/mol. The number of aliphatic hydroxyl groups is 1. The molecular formula is C26H26ClN3O. The molecule has 2 fully saturated rings. The average molecular weight is 432 g/mol. The van der Waals surface area contributed by atoms with Gasteiger partial charge in [0.25, 0.3) is 0 Å². The van der Waals surface area contributed by atoms with Crippen LogP contribution in [0.15, 0.2) is 60.8 Å². The van der Waals surface area contributed by atoms with Crippen LogP contribution < -0.4 is 0 Å². The van der Waals surface area contributed by atoms with Crippen LogP contribution in [-0.4, -0.2) is 25.7 Å². The Hall–Kier alpha value is -2.43. The molecule has 31 heavy (non-hydrogen) atoms. The SMILES string of the molecule is C=C1C[C@]23C[C@@]1(O)CC[C@@H]2c1cccc(C)c1[C@@H]3Cn1cc(-c2ccc(Cl)cc2)nn1. The van der Waals surface area contributed by atoms with Crippen molar-refractivity contribution in [2.45, 2.75) is 56.6 Å². The van der Waals surface area contributed by atoms with Gasteiger partial charge in [-0.3, -0.25) is 4.68 Å². The molecule has 1 N–H and O–H groups in total. The van der Waals surface area contributed by atoms with E-state index in [4.69, 9.17) is 11.6 Å². The van der Waals surface area contributed by atoms with Gasteiger partial charge in [0.15, 0.2) is 0 Å². The highest BCUT2D eigenvalue weighted by molar-refractivity contribution is 6.30. The minimum Gasteiger partial charge on any atom is -0.386 e. The zero-order valence-corrected chi connectivity index (χ0v) is 18.4. The molecule has 1 spiro atoms. The molecule has 3 aromatic rings. The van der Waals surface area contributed by atoms with Crippen LogP contribution in [-0.2, 0) is 6.54 Å². The molecule has 0 saturated heterocycles. The quantitative estimate of drug-likeness (QED) is 0.545. The van der Waals surface area contributed by atoms with Gasteiger partial charge in [-0.2, -0.15) is 0 Å². The normalized spacial score (nSPS) is 31.0. The lowest BCUT2D eigenvalue weighted by molar-refractivity contribution is 0.00371. The summed E-state index contributed by atoms with van der Waals surface area (Å²) in [5, 5.41) is 20.9. The molecule has 5 heteroatoms. The van der Waals surface area contributed by atoms with Gasteiger partial charge in [0.05, 0.1) is 18.3 Å². The van der Waals surface area contributed by atoms with Crippen LogP contribution in [0.3, 0.4) is 0 Å². The molecule has 2 aromatic carbocycles. The van der Waals surface area contributed by atoms with E-state index in [1.165, 1.54) is 16.7 Å². The van der Waals surface area contributed by atoms with E-state index in [0.29, 0.717) is 16.9 Å². The van der Waals surface area contributed by atoms with Gasteiger partial charge in [-0.05, 0) is 78.3 Å². The van der Waals surface area contributed by atoms with Crippen LogP contribution in [0, 0.1) is 12.3 Å². The van der Waals surface area contributed by atoms with Crippen LogP contribution in [0.5, 0.6) is 0 Å². The highest BCUT2D eigenvalue weighted by Gasteiger charge is 2.64. The Morgan fingerprint density at radius 3 is 2.84 bits per heavy atom. The van der Waals surface area contributed by atoms with Crippen molar-refractivity contribution in [2.75, 3.05) is 0 Å². The fourth-order valence-electron chi connectivity index (χ4n) is 6.80. The lowest BCUT2D eigenvalue weighted by Gasteiger charge is -2.42. The Morgan fingerprint density at radius 2 is 2.03 bits per heavy atom. The Labute approximate surface area is 187 Å². The number of aryl methyl sites for hydroxylation is 1. The molecule has 0 aliphatic heterocycles. The summed E-state index contributed by atoms with van der Waals surface area (Å²) >= 11 is 6.03. The number of fused-ring (bicyclic) bond motifs is 3. The highest BCUT2D eigenvalue weighted by Crippen LogP contribution is 2.71. The van der Waals surface area contributed by atoms with E-state index in [2.05, 4.69) is 42.0 Å². The molecule has 0 amide bonds. The third-order valence-corrected chi connectivity index (χ3v) is 8.44. The zero-order valence-electron chi connectivity index (χ0n) is 17.7. The molecule has 2 saturated carbocycles. The van der Waals surface area contributed by atoms with E-state index in [9.17, 15) is 5.11 Å². The van der Waals surface area contributed by atoms with Gasteiger partial charge in [0.2, 0.25) is 0 Å². The molecule has 0 radical (unpaired) electrons. The van der Waals surface area contributed by atoms with Crippen molar-refractivity contribution in [3.63, 3.8) is 0 Å². The number of hydrogen-bond donors (Lipinski definition) is 1. The molecule has 4 nitrogen and oxygen atoms in total. The number of benzene rings is 2. The smallest absolute Gasteiger partial charge is 0.113 e. The van der Waals surface area contributed by atoms with E-state index >= 15 is 0 Å². The van der Waals surface area contributed by atoms with Crippen molar-refractivity contribution in [1.29, 1.82) is 0 Å². The Balaban J connectivity index is 1.41. The fraction of sp³-hybridized carbons (Fsp3) is 0.385. The minimum atomic E-state index is -0.707. The van der Waals surface area contributed by atoms with Crippen LogP contribution in [0.1, 0.15) is 54.2 Å². The molecule has 1 heterocycles. The summed E-state index contributed by atoms with van der Waals surface area (Å²) in [5.74, 6) is 0.769. The number of halogens is 1. The second kappa shape index (κ2) is 6.54. The summed E-state index contributed by atoms with van der Waals surface area (Å²) in [7, 11) is 0. The average Bonchev–Trinajstić information content (AvgIpc) is 3.36. The van der Waals surface area contributed by atoms with Gasteiger partial charge in [0, 0.05) is 16.5 Å². The fourth-order valence-corrected chi connectivity index (χ4v) is 6.93. The lowest BCUT2D eigenvalue weighted by Crippen LogP contribution is -2.39. The first-order valence-electron chi connectivity index (χ1n) is 11.1. The van der Waals surface area contributed by atoms with Gasteiger partial charge < -0.3 is 5.11 Å². The van der Waals surface area contributed by atoms with E-state index < -0.39 is 5.60 Å². The number of hydrogen-bond acceptors (Lipinski definition) is 3. The van der Waals surface area contributed by atoms with Crippen LogP contribution in [0.2, 0.25) is 5.02 Å². The maximum Gasteiger partial charge on any atom is 0.113 e. The van der Waals surface area contributed by atoms with Crippen LogP contribution >= 0.6 is 11.6 Å². The monoisotopic (exact) mass is 431 g/mol. The molecule has 3 aliphatic rings. The van der Waals surface area contributed by atoms with Gasteiger partial charge in [-0.1, -0.05) is 53.7 Å². The first kappa shape index (κ1) is 19.3. The third kappa shape index (κ3) is 2.71. The number of rotatable bonds is 3. The number of nitrogens with zero attached hydrogens (tertiary/aromatic N) is 3. The number of aromatic nitrogens is 3. The molecule has 4 atom stereocenters. The maximum atomic E-state index is 11.3. The topological polar surface area (TPSA) is 50.9 Å². The molecular weight excluding hydrogens is 406 g/mol. The highest BCUT2D eigenvalue weighted by atomic mass is 35.5. The first-order valence-corrected chi connectivity index (χ1v) is 11.4. The van der Waals surface area contributed by atoms with Crippen molar-refractivity contribution >= 4 is 11.6 Å². The van der Waals surface area contributed by atoms with Crippen molar-refractivity contribution in [3.05, 3.63) is 82.5 Å². The largest absolute Gasteiger partial charge is 0.386 e. The molecule has 1 aromatic heterocycles. The lowest BCUT2D eigenvalue weighted by atomic mass is 9.63. The van der Waals surface area contributed by atoms with Crippen LogP contribution in [0.4, 0.5) is 0 Å². The van der Waals surface area contributed by atoms with E-state index in [1.54, 1.807) is 0 Å². The first-order chi connectivity index (χ1) is 14.9. The summed E-state index contributed by atoms with van der Waals surface area (Å²) in [6.07, 6.45) is 5.58. The van der Waals surface area contributed by atoms with Gasteiger partial charge in [-0.25, -0.2) is 0 Å². The molecule has 3 aliphatic carbocycles. The second-order valence-corrected chi connectivity index (χ2v) is 10.2. The zero-order chi connectivity index (χ0) is 21.4. The van der Waals surface area contributed by atoms with E-state index in [0.717, 1.165) is 49.1 Å². The summed E-state index contributed by atoms with van der Waals surface area (Å²) in [4.78, 5) is 0. The van der Waals surface area contributed by atoms with Crippen molar-refractivity contribution in [1.82, 2.24) is 15.0 Å². The van der Waals surface area contributed by atoms with E-state index in [-0.39, 0.29) is 5.41 Å². The van der Waals surface area contributed by atoms with Crippen molar-refractivity contribution in [2.24, 2.45) is 5.41 Å². The predicted octanol–water partition coefficient (Wildman–Crippen LogP) is 5.65. The summed E-state index contributed by atoms with van der Waals surface area (Å²) in [6.45, 7) is 7.29. The van der Waals surface area contributed by atoms with Crippen molar-refractivity contribution in [3.8, 4) is 11.3 Å². The summed E-state index contributed by atoms with van der Waals surface area (Å²) in [5.41, 5.74) is 6.46. The molecule has 0 unspecified atom stereocenters. The van der Waals surface area contributed by atoms with Gasteiger partial charge in [-0.15, -0.1) is 5.10 Å². The Kier molecular flexibility index (Phi) is 4.06. The van der Waals surface area contributed by atoms with E-state index in [1.807, 2.05) is 35.1 Å². The maximum absolute atomic E-state index is 11.3. The van der Waals surface area contributed by atoms with Gasteiger partial charge >= 0.3 is 0 Å². The Bertz CT molecular complexity index is 1200. The third-order valence-electron chi connectivity index (χ3n) is 8.19. The second-order valence-electron chi connectivity index (χ2n) is 9.78. The Morgan fingerprint density at radius 1 is 1.23 bits per heavy atom. The molecule has 158 valence electrons. The molecule has 6 rings (SSSR count). The standard InChI is InChI=1S/C26H26ClN3O/c1-16-4-3-5-20-21-10-11-26(31)15-25(21,12-17(26)2)22(24(16)20)13-30-14-23(28-29-30)18-6-8-19(27)9-7-18/h3-9,14,21-22,31H,2,10-13,15H2,1H3/t21-,22+,25+,26+/m1/s1. The summed E-state index contributed by atoms with van der Waals surface area (Å²) in [6, 6.07) is 14.4. The van der Waals surface area contributed by atoms with Crippen LogP contribution in [0.25, 0.3) is 11.3 Å².